The first-order chi connectivity index (χ1) is 26.1. The van der Waals surface area contributed by atoms with Gasteiger partial charge in [0.05, 0.1) is 25.0 Å². The number of aromatic nitrogens is 1. The zero-order valence-corrected chi connectivity index (χ0v) is 33.2. The van der Waals surface area contributed by atoms with Crippen LogP contribution in [0.15, 0.2) is 47.8 Å². The monoisotopic (exact) mass is 769 g/mol. The van der Waals surface area contributed by atoms with Crippen LogP contribution in [0.25, 0.3) is 21.6 Å². The highest BCUT2D eigenvalue weighted by Crippen LogP contribution is 2.43. The number of aryl methyl sites for hydroxylation is 1. The Hall–Kier alpha value is -5.76. The number of hydrogen-bond donors (Lipinski definition) is 4. The normalized spacial score (nSPS) is 12.0. The van der Waals surface area contributed by atoms with Crippen molar-refractivity contribution in [2.24, 2.45) is 0 Å². The molecule has 2 aromatic heterocycles. The number of carbonyl (C=O) groups is 5. The van der Waals surface area contributed by atoms with Crippen molar-refractivity contribution < 1.29 is 38.2 Å². The molecular weight excluding hydrogens is 723 g/mol. The van der Waals surface area contributed by atoms with E-state index in [1.807, 2.05) is 32.2 Å². The van der Waals surface area contributed by atoms with Crippen molar-refractivity contribution in [3.8, 4) is 27.3 Å². The highest BCUT2D eigenvalue weighted by Gasteiger charge is 2.28. The van der Waals surface area contributed by atoms with Crippen LogP contribution in [0.1, 0.15) is 106 Å². The molecule has 0 spiro atoms. The van der Waals surface area contributed by atoms with Crippen molar-refractivity contribution in [1.29, 1.82) is 0 Å². The standard InChI is InChI=1S/C41H47N5O8S/c1-9-14-42-38(49)31-11-10-26(34(45-31)39(50)52-8)27-20-32-29(35-25(12-15-53-32)13-16-55-35)19-28(27)36(47)46-33-23(4)17-24(18-30(33)37(48)44-22(2)3)21-43-40(51)54-41(5,6)7/h10-11,13,16-20,22H,9,12,14-15,21H2,1-8H3,(H,42,49)(H,43,51)(H,44,48)(H,46,47). The number of nitrogens with one attached hydrogen (secondary N) is 4. The Morgan fingerprint density at radius 3 is 2.38 bits per heavy atom. The van der Waals surface area contributed by atoms with E-state index in [2.05, 4.69) is 26.3 Å². The lowest BCUT2D eigenvalue weighted by Crippen LogP contribution is -2.33. The second-order valence-corrected chi connectivity index (χ2v) is 15.3. The fourth-order valence-corrected chi connectivity index (χ4v) is 7.01. The summed E-state index contributed by atoms with van der Waals surface area (Å²) in [5, 5.41) is 13.4. The molecule has 0 aliphatic carbocycles. The predicted octanol–water partition coefficient (Wildman–Crippen LogP) is 7.06. The Morgan fingerprint density at radius 1 is 0.927 bits per heavy atom. The van der Waals surface area contributed by atoms with Gasteiger partial charge in [-0.3, -0.25) is 14.4 Å². The average molecular weight is 770 g/mol. The van der Waals surface area contributed by atoms with Crippen LogP contribution >= 0.6 is 11.3 Å². The fraction of sp³-hybridized carbons (Fsp3) is 0.366. The first-order valence-corrected chi connectivity index (χ1v) is 19.0. The first kappa shape index (κ1) is 40.4. The Balaban J connectivity index is 1.64. The molecule has 4 N–H and O–H groups in total. The summed E-state index contributed by atoms with van der Waals surface area (Å²) in [6.45, 7) is 13.5. The number of nitrogens with zero attached hydrogens (tertiary/aromatic N) is 1. The van der Waals surface area contributed by atoms with Gasteiger partial charge in [0.1, 0.15) is 17.0 Å². The number of pyridine rings is 1. The van der Waals surface area contributed by atoms with Gasteiger partial charge in [-0.15, -0.1) is 11.3 Å². The van der Waals surface area contributed by atoms with Gasteiger partial charge < -0.3 is 35.5 Å². The van der Waals surface area contributed by atoms with Crippen LogP contribution in [0.4, 0.5) is 10.5 Å². The maximum Gasteiger partial charge on any atom is 0.407 e. The van der Waals surface area contributed by atoms with Crippen LogP contribution in [0.3, 0.4) is 0 Å². The summed E-state index contributed by atoms with van der Waals surface area (Å²) >= 11 is 1.52. The number of carbonyl (C=O) groups excluding carboxylic acids is 5. The molecule has 0 saturated heterocycles. The zero-order valence-electron chi connectivity index (χ0n) is 32.4. The van der Waals surface area contributed by atoms with Gasteiger partial charge in [-0.05, 0) is 106 Å². The van der Waals surface area contributed by atoms with Gasteiger partial charge in [-0.25, -0.2) is 14.6 Å². The van der Waals surface area contributed by atoms with E-state index in [0.29, 0.717) is 54.0 Å². The predicted molar refractivity (Wildman–Crippen MR) is 211 cm³/mol. The molecule has 1 aliphatic rings. The van der Waals surface area contributed by atoms with E-state index in [9.17, 15) is 24.0 Å². The molecular formula is C41H47N5O8S. The maximum absolute atomic E-state index is 14.7. The second kappa shape index (κ2) is 17.1. The van der Waals surface area contributed by atoms with Crippen molar-refractivity contribution in [2.45, 2.75) is 79.5 Å². The number of ether oxygens (including phenoxy) is 3. The van der Waals surface area contributed by atoms with Gasteiger partial charge in [0.25, 0.3) is 17.7 Å². The molecule has 1 aliphatic heterocycles. The quantitative estimate of drug-likeness (QED) is 0.117. The lowest BCUT2D eigenvalue weighted by molar-refractivity contribution is 0.0521. The number of thiophene rings is 1. The van der Waals surface area contributed by atoms with Crippen LogP contribution in [-0.2, 0) is 22.4 Å². The van der Waals surface area contributed by atoms with Crippen LogP contribution in [0, 0.1) is 6.92 Å². The summed E-state index contributed by atoms with van der Waals surface area (Å²) < 4.78 is 16.7. The highest BCUT2D eigenvalue weighted by atomic mass is 32.1. The fourth-order valence-electron chi connectivity index (χ4n) is 6.03. The summed E-state index contributed by atoms with van der Waals surface area (Å²) in [5.74, 6) is -1.77. The Labute approximate surface area is 324 Å². The highest BCUT2D eigenvalue weighted by molar-refractivity contribution is 7.13. The summed E-state index contributed by atoms with van der Waals surface area (Å²) in [6, 6.07) is 11.7. The first-order valence-electron chi connectivity index (χ1n) is 18.1. The Kier molecular flexibility index (Phi) is 12.6. The molecule has 2 aromatic carbocycles. The third-order valence-corrected chi connectivity index (χ3v) is 9.44. The number of fused-ring (bicyclic) bond motifs is 3. The zero-order chi connectivity index (χ0) is 40.0. The minimum Gasteiger partial charge on any atom is -0.493 e. The van der Waals surface area contributed by atoms with Crippen LogP contribution < -0.4 is 26.0 Å². The Bertz CT molecular complexity index is 2140. The molecule has 3 heterocycles. The number of rotatable bonds is 11. The van der Waals surface area contributed by atoms with E-state index in [-0.39, 0.29) is 46.4 Å². The minimum absolute atomic E-state index is 0.00974. The minimum atomic E-state index is -0.804. The largest absolute Gasteiger partial charge is 0.493 e. The number of hydrogen-bond acceptors (Lipinski definition) is 10. The SMILES string of the molecule is CCCNC(=O)c1ccc(-c2cc3c(cc2C(=O)Nc2c(C)cc(CNC(=O)OC(C)(C)C)cc2C(=O)NC(C)C)-c2sccc2CCO3)c(C(=O)OC)n1. The third-order valence-electron chi connectivity index (χ3n) is 8.45. The summed E-state index contributed by atoms with van der Waals surface area (Å²) in [7, 11) is 1.21. The molecule has 0 radical (unpaired) electrons. The molecule has 14 heteroatoms. The Morgan fingerprint density at radius 2 is 1.69 bits per heavy atom. The van der Waals surface area contributed by atoms with Crippen LogP contribution in [-0.4, -0.2) is 66.7 Å². The van der Waals surface area contributed by atoms with E-state index in [4.69, 9.17) is 14.2 Å². The molecule has 290 valence electrons. The molecule has 4 amide bonds. The van der Waals surface area contributed by atoms with Crippen molar-refractivity contribution in [1.82, 2.24) is 20.9 Å². The number of amides is 4. The second-order valence-electron chi connectivity index (χ2n) is 14.4. The van der Waals surface area contributed by atoms with E-state index in [1.165, 1.54) is 24.5 Å². The summed E-state index contributed by atoms with van der Waals surface area (Å²) in [4.78, 5) is 72.3. The molecule has 4 aromatic rings. The molecule has 55 heavy (non-hydrogen) atoms. The smallest absolute Gasteiger partial charge is 0.407 e. The number of anilines is 1. The maximum atomic E-state index is 14.7. The summed E-state index contributed by atoms with van der Waals surface area (Å²) in [6.07, 6.45) is 0.753. The number of esters is 1. The van der Waals surface area contributed by atoms with Gasteiger partial charge in [0, 0.05) is 52.7 Å². The van der Waals surface area contributed by atoms with Gasteiger partial charge in [-0.2, -0.15) is 0 Å². The molecule has 0 saturated carbocycles. The molecule has 5 rings (SSSR count). The number of methoxy groups -OCH3 is 1. The average Bonchev–Trinajstić information content (AvgIpc) is 3.53. The van der Waals surface area contributed by atoms with E-state index in [1.54, 1.807) is 58.0 Å². The van der Waals surface area contributed by atoms with E-state index >= 15 is 0 Å². The molecule has 0 atom stereocenters. The van der Waals surface area contributed by atoms with Crippen molar-refractivity contribution in [3.63, 3.8) is 0 Å². The number of alkyl carbamates (subject to hydrolysis) is 1. The van der Waals surface area contributed by atoms with Gasteiger partial charge in [-0.1, -0.05) is 13.0 Å². The van der Waals surface area contributed by atoms with Crippen LogP contribution in [0.2, 0.25) is 0 Å². The van der Waals surface area contributed by atoms with Crippen molar-refractivity contribution in [2.75, 3.05) is 25.6 Å². The van der Waals surface area contributed by atoms with Crippen molar-refractivity contribution in [3.05, 3.63) is 87.0 Å². The topological polar surface area (TPSA) is 174 Å². The summed E-state index contributed by atoms with van der Waals surface area (Å²) in [5.41, 5.74) is 3.22. The molecule has 0 unspecified atom stereocenters. The molecule has 0 bridgehead atoms. The van der Waals surface area contributed by atoms with Gasteiger partial charge in [0.2, 0.25) is 0 Å². The van der Waals surface area contributed by atoms with E-state index in [0.717, 1.165) is 10.4 Å². The van der Waals surface area contributed by atoms with E-state index < -0.39 is 35.4 Å². The lowest BCUT2D eigenvalue weighted by Gasteiger charge is -2.21. The molecule has 13 nitrogen and oxygen atoms in total. The molecule has 0 fully saturated rings. The number of benzene rings is 2. The van der Waals surface area contributed by atoms with Gasteiger partial charge in [0.15, 0.2) is 5.69 Å². The lowest BCUT2D eigenvalue weighted by atomic mass is 9.93. The third kappa shape index (κ3) is 9.68. The van der Waals surface area contributed by atoms with Crippen LogP contribution in [0.5, 0.6) is 5.75 Å². The van der Waals surface area contributed by atoms with Crippen molar-refractivity contribution >= 4 is 46.8 Å². The van der Waals surface area contributed by atoms with Gasteiger partial charge >= 0.3 is 12.1 Å².